The first-order chi connectivity index (χ1) is 14.4. The molecular weight excluding hydrogens is 358 g/mol. The molecule has 0 unspecified atom stereocenters. The molecule has 4 heteroatoms. The Bertz CT molecular complexity index is 1050. The van der Waals surface area contributed by atoms with Crippen LogP contribution in [0.25, 0.3) is 22.7 Å². The molecule has 0 spiro atoms. The van der Waals surface area contributed by atoms with Gasteiger partial charge >= 0.3 is 0 Å². The fourth-order valence-corrected chi connectivity index (χ4v) is 4.08. The van der Waals surface area contributed by atoms with Crippen molar-refractivity contribution in [1.29, 1.82) is 0 Å². The van der Waals surface area contributed by atoms with Gasteiger partial charge in [0.05, 0.1) is 0 Å². The summed E-state index contributed by atoms with van der Waals surface area (Å²) in [6.07, 6.45) is 5.75. The van der Waals surface area contributed by atoms with Gasteiger partial charge in [0.15, 0.2) is 0 Å². The standard InChI is InChI=1S/C25H23N3O/c1-3-7-18(8-4-1)22-12-11-21(17-27-22)24-23(19-13-15-26-16-14-19)28-25(29-24)20-9-5-2-6-10-20/h1-10,13-16,21-22,27H,11-12,17H2/t21-,22+/m0/s1. The lowest BCUT2D eigenvalue weighted by atomic mass is 9.88. The molecule has 29 heavy (non-hydrogen) atoms. The molecular formula is C25H23N3O. The molecule has 4 nitrogen and oxygen atoms in total. The van der Waals surface area contributed by atoms with Gasteiger partial charge in [-0.2, -0.15) is 0 Å². The molecule has 4 aromatic rings. The Morgan fingerprint density at radius 2 is 1.52 bits per heavy atom. The summed E-state index contributed by atoms with van der Waals surface area (Å²) in [5, 5.41) is 3.71. The van der Waals surface area contributed by atoms with Crippen molar-refractivity contribution in [2.75, 3.05) is 6.54 Å². The van der Waals surface area contributed by atoms with E-state index in [2.05, 4.69) is 40.6 Å². The Morgan fingerprint density at radius 3 is 2.21 bits per heavy atom. The van der Waals surface area contributed by atoms with E-state index >= 15 is 0 Å². The van der Waals surface area contributed by atoms with Crippen LogP contribution in [0.4, 0.5) is 0 Å². The third kappa shape index (κ3) is 3.71. The minimum absolute atomic E-state index is 0.295. The average molecular weight is 381 g/mol. The molecule has 2 atom stereocenters. The summed E-state index contributed by atoms with van der Waals surface area (Å²) in [6, 6.07) is 25.2. The molecule has 144 valence electrons. The number of rotatable bonds is 4. The number of oxazole rings is 1. The second kappa shape index (κ2) is 8.02. The minimum Gasteiger partial charge on any atom is -0.440 e. The number of pyridine rings is 1. The number of nitrogens with one attached hydrogen (secondary N) is 1. The van der Waals surface area contributed by atoms with E-state index in [-0.39, 0.29) is 0 Å². The van der Waals surface area contributed by atoms with Crippen LogP contribution in [0, 0.1) is 0 Å². The van der Waals surface area contributed by atoms with Gasteiger partial charge in [0.1, 0.15) is 11.5 Å². The van der Waals surface area contributed by atoms with Gasteiger partial charge < -0.3 is 9.73 Å². The maximum absolute atomic E-state index is 6.36. The van der Waals surface area contributed by atoms with E-state index in [0.717, 1.165) is 42.0 Å². The minimum atomic E-state index is 0.295. The van der Waals surface area contributed by atoms with Crippen molar-refractivity contribution >= 4 is 0 Å². The van der Waals surface area contributed by atoms with Gasteiger partial charge in [0.25, 0.3) is 0 Å². The van der Waals surface area contributed by atoms with E-state index < -0.39 is 0 Å². The van der Waals surface area contributed by atoms with Crippen LogP contribution in [-0.2, 0) is 0 Å². The molecule has 0 saturated carbocycles. The highest BCUT2D eigenvalue weighted by Gasteiger charge is 2.29. The number of piperidine rings is 1. The molecule has 1 fully saturated rings. The van der Waals surface area contributed by atoms with E-state index in [1.807, 2.05) is 42.5 Å². The predicted molar refractivity (Wildman–Crippen MR) is 114 cm³/mol. The zero-order valence-electron chi connectivity index (χ0n) is 16.2. The van der Waals surface area contributed by atoms with Crippen LogP contribution in [-0.4, -0.2) is 16.5 Å². The van der Waals surface area contributed by atoms with E-state index in [0.29, 0.717) is 17.9 Å². The predicted octanol–water partition coefficient (Wildman–Crippen LogP) is 5.61. The average Bonchev–Trinajstić information content (AvgIpc) is 3.27. The lowest BCUT2D eigenvalue weighted by Crippen LogP contribution is -2.32. The highest BCUT2D eigenvalue weighted by Crippen LogP contribution is 2.38. The third-order valence-electron chi connectivity index (χ3n) is 5.62. The molecule has 1 N–H and O–H groups in total. The molecule has 1 aliphatic heterocycles. The van der Waals surface area contributed by atoms with Gasteiger partial charge in [0.2, 0.25) is 5.89 Å². The first-order valence-electron chi connectivity index (χ1n) is 10.1. The first kappa shape index (κ1) is 17.8. The normalized spacial score (nSPS) is 19.2. The Morgan fingerprint density at radius 1 is 0.793 bits per heavy atom. The van der Waals surface area contributed by atoms with Crippen molar-refractivity contribution < 1.29 is 4.42 Å². The topological polar surface area (TPSA) is 51.0 Å². The van der Waals surface area contributed by atoms with Crippen molar-refractivity contribution in [2.45, 2.75) is 24.8 Å². The quantitative estimate of drug-likeness (QED) is 0.499. The van der Waals surface area contributed by atoms with Crippen LogP contribution in [0.2, 0.25) is 0 Å². The molecule has 3 heterocycles. The fraction of sp³-hybridized carbons (Fsp3) is 0.200. The lowest BCUT2D eigenvalue weighted by molar-refractivity contribution is 0.338. The Hall–Kier alpha value is -3.24. The zero-order valence-corrected chi connectivity index (χ0v) is 16.2. The molecule has 0 amide bonds. The van der Waals surface area contributed by atoms with Gasteiger partial charge in [0, 0.05) is 42.0 Å². The van der Waals surface area contributed by atoms with Crippen molar-refractivity contribution in [3.8, 4) is 22.7 Å². The first-order valence-corrected chi connectivity index (χ1v) is 10.1. The summed E-state index contributed by atoms with van der Waals surface area (Å²) in [7, 11) is 0. The van der Waals surface area contributed by atoms with Gasteiger partial charge in [-0.3, -0.25) is 4.98 Å². The Kier molecular flexibility index (Phi) is 4.93. The summed E-state index contributed by atoms with van der Waals surface area (Å²) < 4.78 is 6.36. The molecule has 0 aliphatic carbocycles. The summed E-state index contributed by atoms with van der Waals surface area (Å²) in [5.41, 5.74) is 4.32. The monoisotopic (exact) mass is 381 g/mol. The summed E-state index contributed by atoms with van der Waals surface area (Å²) in [6.45, 7) is 0.876. The van der Waals surface area contributed by atoms with E-state index in [1.165, 1.54) is 5.56 Å². The van der Waals surface area contributed by atoms with Crippen LogP contribution in [0.3, 0.4) is 0 Å². The maximum atomic E-state index is 6.36. The van der Waals surface area contributed by atoms with E-state index in [4.69, 9.17) is 9.40 Å². The summed E-state index contributed by atoms with van der Waals surface area (Å²) >= 11 is 0. The van der Waals surface area contributed by atoms with Crippen LogP contribution in [0.15, 0.2) is 89.6 Å². The van der Waals surface area contributed by atoms with Crippen LogP contribution in [0.1, 0.15) is 36.1 Å². The maximum Gasteiger partial charge on any atom is 0.226 e. The largest absolute Gasteiger partial charge is 0.440 e. The number of benzene rings is 2. The molecule has 2 aromatic carbocycles. The van der Waals surface area contributed by atoms with E-state index in [9.17, 15) is 0 Å². The van der Waals surface area contributed by atoms with Crippen LogP contribution >= 0.6 is 0 Å². The molecule has 0 bridgehead atoms. The zero-order chi connectivity index (χ0) is 19.5. The number of aromatic nitrogens is 2. The fourth-order valence-electron chi connectivity index (χ4n) is 4.08. The van der Waals surface area contributed by atoms with Crippen molar-refractivity contribution in [3.63, 3.8) is 0 Å². The van der Waals surface area contributed by atoms with Crippen molar-refractivity contribution in [1.82, 2.24) is 15.3 Å². The SMILES string of the molecule is c1ccc(-c2nc(-c3ccncc3)c([C@H]3CC[C@H](c4ccccc4)NC3)o2)cc1. The summed E-state index contributed by atoms with van der Waals surface area (Å²) in [4.78, 5) is 9.03. The number of hydrogen-bond acceptors (Lipinski definition) is 4. The van der Waals surface area contributed by atoms with Gasteiger partial charge in [-0.25, -0.2) is 4.98 Å². The van der Waals surface area contributed by atoms with E-state index in [1.54, 1.807) is 12.4 Å². The van der Waals surface area contributed by atoms with Gasteiger partial charge in [-0.05, 0) is 42.7 Å². The molecule has 2 aromatic heterocycles. The second-order valence-corrected chi connectivity index (χ2v) is 7.48. The molecule has 5 rings (SSSR count). The number of hydrogen-bond donors (Lipinski definition) is 1. The second-order valence-electron chi connectivity index (χ2n) is 7.48. The highest BCUT2D eigenvalue weighted by molar-refractivity contribution is 5.66. The Labute approximate surface area is 170 Å². The van der Waals surface area contributed by atoms with Gasteiger partial charge in [-0.15, -0.1) is 0 Å². The molecule has 1 saturated heterocycles. The Balaban J connectivity index is 1.45. The molecule has 0 radical (unpaired) electrons. The van der Waals surface area contributed by atoms with Crippen molar-refractivity contribution in [2.24, 2.45) is 0 Å². The van der Waals surface area contributed by atoms with Crippen molar-refractivity contribution in [3.05, 3.63) is 96.5 Å². The van der Waals surface area contributed by atoms with Crippen LogP contribution < -0.4 is 5.32 Å². The lowest BCUT2D eigenvalue weighted by Gasteiger charge is -2.29. The van der Waals surface area contributed by atoms with Crippen LogP contribution in [0.5, 0.6) is 0 Å². The van der Waals surface area contributed by atoms with Gasteiger partial charge in [-0.1, -0.05) is 48.5 Å². The number of nitrogens with zero attached hydrogens (tertiary/aromatic N) is 2. The smallest absolute Gasteiger partial charge is 0.226 e. The summed E-state index contributed by atoms with van der Waals surface area (Å²) in [5.74, 6) is 1.94. The third-order valence-corrected chi connectivity index (χ3v) is 5.62. The highest BCUT2D eigenvalue weighted by atomic mass is 16.4. The molecule has 1 aliphatic rings.